The number of amides is 1. The predicted molar refractivity (Wildman–Crippen MR) is 83.8 cm³/mol. The van der Waals surface area contributed by atoms with Gasteiger partial charge in [0.15, 0.2) is 0 Å². The molecular formula is C15H20ClFN2O3. The van der Waals surface area contributed by atoms with E-state index in [-0.39, 0.29) is 18.3 Å². The second kappa shape index (κ2) is 7.56. The summed E-state index contributed by atoms with van der Waals surface area (Å²) in [6, 6.07) is 3.78. The van der Waals surface area contributed by atoms with Gasteiger partial charge >= 0.3 is 5.97 Å². The summed E-state index contributed by atoms with van der Waals surface area (Å²) in [4.78, 5) is 25.0. The van der Waals surface area contributed by atoms with Gasteiger partial charge in [-0.25, -0.2) is 4.39 Å². The van der Waals surface area contributed by atoms with Gasteiger partial charge in [-0.1, -0.05) is 6.07 Å². The van der Waals surface area contributed by atoms with Crippen LogP contribution in [0.25, 0.3) is 0 Å². The van der Waals surface area contributed by atoms with Crippen molar-refractivity contribution in [2.24, 2.45) is 5.92 Å². The zero-order valence-electron chi connectivity index (χ0n) is 12.5. The van der Waals surface area contributed by atoms with E-state index in [1.165, 1.54) is 12.1 Å². The van der Waals surface area contributed by atoms with Crippen molar-refractivity contribution < 1.29 is 19.1 Å². The standard InChI is InChI=1S/C15H19FN2O3.ClH/c1-9-3-4-12(16)7-13(9)17-14(19)10(2)18-6-5-11(8-18)15(20)21;/h3-4,7,10-11H,5-6,8H2,1-2H3,(H,17,19)(H,20,21);1H. The molecule has 7 heteroatoms. The number of carboxylic acid groups (broad SMARTS) is 1. The normalized spacial score (nSPS) is 19.3. The summed E-state index contributed by atoms with van der Waals surface area (Å²) in [5, 5.41) is 11.7. The molecule has 0 radical (unpaired) electrons. The first-order valence-electron chi connectivity index (χ1n) is 6.92. The van der Waals surface area contributed by atoms with Crippen LogP contribution in [0.1, 0.15) is 18.9 Å². The minimum Gasteiger partial charge on any atom is -0.481 e. The number of likely N-dealkylation sites (tertiary alicyclic amines) is 1. The SMILES string of the molecule is Cc1ccc(F)cc1NC(=O)C(C)N1CCC(C(=O)O)C1.Cl. The molecule has 1 fully saturated rings. The number of halogens is 2. The average Bonchev–Trinajstić information content (AvgIpc) is 2.91. The predicted octanol–water partition coefficient (Wildman–Crippen LogP) is 2.29. The maximum Gasteiger partial charge on any atom is 0.307 e. The number of aryl methyl sites for hydroxylation is 1. The summed E-state index contributed by atoms with van der Waals surface area (Å²) < 4.78 is 13.2. The van der Waals surface area contributed by atoms with E-state index in [1.54, 1.807) is 19.9 Å². The fourth-order valence-electron chi connectivity index (χ4n) is 2.47. The van der Waals surface area contributed by atoms with E-state index in [4.69, 9.17) is 5.11 Å². The van der Waals surface area contributed by atoms with Crippen LogP contribution in [0.3, 0.4) is 0 Å². The molecule has 22 heavy (non-hydrogen) atoms. The van der Waals surface area contributed by atoms with Gasteiger partial charge in [-0.05, 0) is 44.5 Å². The van der Waals surface area contributed by atoms with Crippen LogP contribution >= 0.6 is 12.4 Å². The van der Waals surface area contributed by atoms with Gasteiger partial charge in [0.2, 0.25) is 5.91 Å². The third-order valence-corrected chi connectivity index (χ3v) is 3.95. The number of anilines is 1. The van der Waals surface area contributed by atoms with Gasteiger partial charge in [0, 0.05) is 12.2 Å². The first-order valence-corrected chi connectivity index (χ1v) is 6.92. The monoisotopic (exact) mass is 330 g/mol. The van der Waals surface area contributed by atoms with Crippen molar-refractivity contribution in [2.45, 2.75) is 26.3 Å². The van der Waals surface area contributed by atoms with Crippen molar-refractivity contribution in [3.8, 4) is 0 Å². The highest BCUT2D eigenvalue weighted by atomic mass is 35.5. The van der Waals surface area contributed by atoms with Crippen molar-refractivity contribution in [1.82, 2.24) is 4.90 Å². The summed E-state index contributed by atoms with van der Waals surface area (Å²) in [6.45, 7) is 4.46. The minimum absolute atomic E-state index is 0. The molecule has 1 aromatic carbocycles. The number of nitrogens with zero attached hydrogens (tertiary/aromatic N) is 1. The molecule has 1 saturated heterocycles. The lowest BCUT2D eigenvalue weighted by molar-refractivity contribution is -0.141. The number of carbonyl (C=O) groups excluding carboxylic acids is 1. The Balaban J connectivity index is 0.00000242. The lowest BCUT2D eigenvalue weighted by Crippen LogP contribution is -2.41. The molecule has 0 aromatic heterocycles. The van der Waals surface area contributed by atoms with Gasteiger partial charge in [-0.15, -0.1) is 12.4 Å². The molecule has 1 aromatic rings. The molecule has 0 spiro atoms. The summed E-state index contributed by atoms with van der Waals surface area (Å²) in [6.07, 6.45) is 0.548. The first-order chi connectivity index (χ1) is 9.88. The Kier molecular flexibility index (Phi) is 6.32. The van der Waals surface area contributed by atoms with Gasteiger partial charge < -0.3 is 10.4 Å². The quantitative estimate of drug-likeness (QED) is 0.888. The number of hydrogen-bond acceptors (Lipinski definition) is 3. The largest absolute Gasteiger partial charge is 0.481 e. The molecule has 2 atom stereocenters. The number of carbonyl (C=O) groups is 2. The van der Waals surface area contributed by atoms with Crippen LogP contribution < -0.4 is 5.32 Å². The van der Waals surface area contributed by atoms with Crippen LogP contribution in [0, 0.1) is 18.7 Å². The molecule has 1 heterocycles. The maximum absolute atomic E-state index is 13.2. The van der Waals surface area contributed by atoms with Crippen molar-refractivity contribution in [3.05, 3.63) is 29.6 Å². The van der Waals surface area contributed by atoms with Crippen molar-refractivity contribution in [2.75, 3.05) is 18.4 Å². The molecule has 1 aliphatic rings. The Morgan fingerprint density at radius 3 is 2.73 bits per heavy atom. The molecule has 2 N–H and O–H groups in total. The first kappa shape index (κ1) is 18.4. The summed E-state index contributed by atoms with van der Waals surface area (Å²) in [5.41, 5.74) is 1.22. The van der Waals surface area contributed by atoms with Crippen molar-refractivity contribution >= 4 is 30.0 Å². The van der Waals surface area contributed by atoms with Gasteiger partial charge in [0.05, 0.1) is 12.0 Å². The van der Waals surface area contributed by atoms with E-state index in [0.717, 1.165) is 5.56 Å². The Morgan fingerprint density at radius 1 is 1.45 bits per heavy atom. The number of hydrogen-bond donors (Lipinski definition) is 2. The van der Waals surface area contributed by atoms with Gasteiger partial charge in [-0.3, -0.25) is 14.5 Å². The highest BCUT2D eigenvalue weighted by molar-refractivity contribution is 5.95. The Bertz CT molecular complexity index is 568. The maximum atomic E-state index is 13.2. The fourth-order valence-corrected chi connectivity index (χ4v) is 2.47. The van der Waals surface area contributed by atoms with Gasteiger partial charge in [0.25, 0.3) is 0 Å². The van der Waals surface area contributed by atoms with Crippen LogP contribution in [0.2, 0.25) is 0 Å². The van der Waals surface area contributed by atoms with Crippen LogP contribution in [-0.2, 0) is 9.59 Å². The van der Waals surface area contributed by atoms with Gasteiger partial charge in [0.1, 0.15) is 5.82 Å². The molecule has 5 nitrogen and oxygen atoms in total. The third kappa shape index (κ3) is 4.18. The third-order valence-electron chi connectivity index (χ3n) is 3.95. The molecular weight excluding hydrogens is 311 g/mol. The van der Waals surface area contributed by atoms with Gasteiger partial charge in [-0.2, -0.15) is 0 Å². The molecule has 0 saturated carbocycles. The van der Waals surface area contributed by atoms with E-state index in [2.05, 4.69) is 5.32 Å². The molecule has 2 rings (SSSR count). The molecule has 1 aliphatic heterocycles. The number of aliphatic carboxylic acids is 1. The molecule has 0 aliphatic carbocycles. The second-order valence-corrected chi connectivity index (χ2v) is 5.44. The highest BCUT2D eigenvalue weighted by Gasteiger charge is 2.33. The number of benzene rings is 1. The highest BCUT2D eigenvalue weighted by Crippen LogP contribution is 2.21. The minimum atomic E-state index is -0.828. The number of rotatable bonds is 4. The lowest BCUT2D eigenvalue weighted by atomic mass is 10.1. The van der Waals surface area contributed by atoms with Crippen molar-refractivity contribution in [1.29, 1.82) is 0 Å². The average molecular weight is 331 g/mol. The topological polar surface area (TPSA) is 69.6 Å². The number of carboxylic acids is 1. The smallest absolute Gasteiger partial charge is 0.307 e. The van der Waals surface area contributed by atoms with Crippen LogP contribution in [0.5, 0.6) is 0 Å². The second-order valence-electron chi connectivity index (χ2n) is 5.44. The zero-order chi connectivity index (χ0) is 15.6. The van der Waals surface area contributed by atoms with Crippen LogP contribution in [-0.4, -0.2) is 41.0 Å². The van der Waals surface area contributed by atoms with E-state index in [1.807, 2.05) is 4.90 Å². The van der Waals surface area contributed by atoms with E-state index in [9.17, 15) is 14.0 Å². The number of nitrogens with one attached hydrogen (secondary N) is 1. The van der Waals surface area contributed by atoms with E-state index >= 15 is 0 Å². The van der Waals surface area contributed by atoms with Crippen LogP contribution in [0.4, 0.5) is 10.1 Å². The zero-order valence-corrected chi connectivity index (χ0v) is 13.3. The molecule has 122 valence electrons. The van der Waals surface area contributed by atoms with Crippen LogP contribution in [0.15, 0.2) is 18.2 Å². The van der Waals surface area contributed by atoms with E-state index in [0.29, 0.717) is 25.2 Å². The summed E-state index contributed by atoms with van der Waals surface area (Å²) >= 11 is 0. The van der Waals surface area contributed by atoms with Crippen molar-refractivity contribution in [3.63, 3.8) is 0 Å². The Labute approximate surface area is 134 Å². The molecule has 1 amide bonds. The molecule has 2 unspecified atom stereocenters. The Hall–Kier alpha value is -1.66. The summed E-state index contributed by atoms with van der Waals surface area (Å²) in [7, 11) is 0. The summed E-state index contributed by atoms with van der Waals surface area (Å²) in [5.74, 6) is -1.91. The molecule has 0 bridgehead atoms. The fraction of sp³-hybridized carbons (Fsp3) is 0.467. The lowest BCUT2D eigenvalue weighted by Gasteiger charge is -2.23. The van der Waals surface area contributed by atoms with E-state index < -0.39 is 23.7 Å². The Morgan fingerprint density at radius 2 is 2.14 bits per heavy atom.